The number of methoxy groups -OCH3 is 1. The molecular formula is C17H20N2O7. The molecule has 9 nitrogen and oxygen atoms in total. The lowest BCUT2D eigenvalue weighted by molar-refractivity contribution is -0.222. The van der Waals surface area contributed by atoms with Gasteiger partial charge in [-0.05, 0) is 19.1 Å². The average Bonchev–Trinajstić information content (AvgIpc) is 2.54. The molecule has 2 N–H and O–H groups in total. The van der Waals surface area contributed by atoms with E-state index >= 15 is 0 Å². The molecule has 0 atom stereocenters. The zero-order valence-electron chi connectivity index (χ0n) is 14.9. The van der Waals surface area contributed by atoms with E-state index in [4.69, 9.17) is 18.9 Å². The second-order valence-electron chi connectivity index (χ2n) is 5.64. The molecule has 2 rings (SSSR count). The molecule has 1 aliphatic rings. The molecular weight excluding hydrogens is 344 g/mol. The van der Waals surface area contributed by atoms with Gasteiger partial charge in [0, 0.05) is 31.8 Å². The van der Waals surface area contributed by atoms with Gasteiger partial charge in [0.15, 0.2) is 5.57 Å². The summed E-state index contributed by atoms with van der Waals surface area (Å²) in [5.74, 6) is -2.51. The predicted molar refractivity (Wildman–Crippen MR) is 91.6 cm³/mol. The van der Waals surface area contributed by atoms with Crippen LogP contribution in [0.2, 0.25) is 0 Å². The van der Waals surface area contributed by atoms with Gasteiger partial charge in [0.05, 0.1) is 19.4 Å². The number of carbonyl (C=O) groups is 3. The number of cyclic esters (lactones) is 2. The number of benzene rings is 1. The first-order chi connectivity index (χ1) is 12.3. The van der Waals surface area contributed by atoms with Gasteiger partial charge >= 0.3 is 18.0 Å². The van der Waals surface area contributed by atoms with E-state index in [1.165, 1.54) is 27.2 Å². The van der Waals surface area contributed by atoms with Crippen molar-refractivity contribution in [2.75, 3.05) is 24.4 Å². The first kappa shape index (κ1) is 19.1. The molecule has 0 bridgehead atoms. The maximum Gasteiger partial charge on any atom is 0.411 e. The van der Waals surface area contributed by atoms with E-state index in [0.717, 1.165) is 0 Å². The van der Waals surface area contributed by atoms with Gasteiger partial charge in [-0.15, -0.1) is 0 Å². The molecule has 1 saturated heterocycles. The van der Waals surface area contributed by atoms with Crippen molar-refractivity contribution in [3.63, 3.8) is 0 Å². The van der Waals surface area contributed by atoms with Crippen molar-refractivity contribution in [3.8, 4) is 5.75 Å². The maximum absolute atomic E-state index is 11.9. The zero-order valence-corrected chi connectivity index (χ0v) is 14.9. The van der Waals surface area contributed by atoms with Crippen LogP contribution in [0.4, 0.5) is 16.2 Å². The minimum atomic E-state index is -1.30. The van der Waals surface area contributed by atoms with Gasteiger partial charge in [0.1, 0.15) is 5.75 Å². The smallest absolute Gasteiger partial charge is 0.411 e. The Labute approximate surface area is 150 Å². The Kier molecular flexibility index (Phi) is 5.71. The summed E-state index contributed by atoms with van der Waals surface area (Å²) in [5, 5.41) is 5.34. The number of hydrogen-bond acceptors (Lipinski definition) is 8. The van der Waals surface area contributed by atoms with Crippen molar-refractivity contribution < 1.29 is 33.3 Å². The first-order valence-corrected chi connectivity index (χ1v) is 7.81. The Hall–Kier alpha value is -3.23. The fourth-order valence-corrected chi connectivity index (χ4v) is 2.10. The van der Waals surface area contributed by atoms with E-state index < -0.39 is 23.8 Å². The highest BCUT2D eigenvalue weighted by Gasteiger charge is 2.38. The third-order valence-corrected chi connectivity index (χ3v) is 3.21. The summed E-state index contributed by atoms with van der Waals surface area (Å²) in [6, 6.07) is 4.77. The molecule has 1 aromatic rings. The Morgan fingerprint density at radius 3 is 2.46 bits per heavy atom. The Bertz CT molecular complexity index is 733. The third-order valence-electron chi connectivity index (χ3n) is 3.21. The summed E-state index contributed by atoms with van der Waals surface area (Å²) in [6.07, 6.45) is 0.580. The topological polar surface area (TPSA) is 112 Å². The van der Waals surface area contributed by atoms with Gasteiger partial charge in [-0.1, -0.05) is 0 Å². The van der Waals surface area contributed by atoms with Crippen molar-refractivity contribution in [3.05, 3.63) is 30.0 Å². The van der Waals surface area contributed by atoms with Crippen molar-refractivity contribution >= 4 is 29.4 Å². The van der Waals surface area contributed by atoms with Crippen LogP contribution >= 0.6 is 0 Å². The van der Waals surface area contributed by atoms with Crippen molar-refractivity contribution in [1.82, 2.24) is 0 Å². The fourth-order valence-electron chi connectivity index (χ4n) is 2.10. The molecule has 9 heteroatoms. The van der Waals surface area contributed by atoms with Gasteiger partial charge in [-0.3, -0.25) is 5.32 Å². The summed E-state index contributed by atoms with van der Waals surface area (Å²) >= 11 is 0. The van der Waals surface area contributed by atoms with Crippen LogP contribution in [-0.2, 0) is 23.8 Å². The van der Waals surface area contributed by atoms with Crippen molar-refractivity contribution in [2.24, 2.45) is 0 Å². The van der Waals surface area contributed by atoms with Crippen molar-refractivity contribution in [2.45, 2.75) is 26.6 Å². The third kappa shape index (κ3) is 4.65. The van der Waals surface area contributed by atoms with E-state index in [2.05, 4.69) is 10.6 Å². The van der Waals surface area contributed by atoms with Gasteiger partial charge < -0.3 is 24.3 Å². The summed E-state index contributed by atoms with van der Waals surface area (Å²) in [4.78, 5) is 35.3. The normalized spacial score (nSPS) is 15.5. The number of amides is 1. The van der Waals surface area contributed by atoms with Crippen LogP contribution in [0.15, 0.2) is 30.0 Å². The van der Waals surface area contributed by atoms with Crippen LogP contribution in [0.25, 0.3) is 0 Å². The van der Waals surface area contributed by atoms with E-state index in [1.807, 2.05) is 0 Å². The molecule has 1 fully saturated rings. The minimum absolute atomic E-state index is 0.240. The number of rotatable bonds is 5. The number of anilines is 2. The number of nitrogens with one attached hydrogen (secondary N) is 2. The van der Waals surface area contributed by atoms with Gasteiger partial charge in [-0.25, -0.2) is 14.4 Å². The molecule has 0 aromatic heterocycles. The monoisotopic (exact) mass is 364 g/mol. The molecule has 1 aliphatic heterocycles. The summed E-state index contributed by atoms with van der Waals surface area (Å²) in [7, 11) is 1.44. The maximum atomic E-state index is 11.9. The molecule has 140 valence electrons. The second-order valence-corrected chi connectivity index (χ2v) is 5.64. The van der Waals surface area contributed by atoms with Gasteiger partial charge in [-0.2, -0.15) is 0 Å². The highest BCUT2D eigenvalue weighted by atomic mass is 16.7. The largest absolute Gasteiger partial charge is 0.494 e. The Morgan fingerprint density at radius 2 is 1.88 bits per heavy atom. The number of ether oxygens (including phenoxy) is 4. The lowest BCUT2D eigenvalue weighted by atomic mass is 10.2. The quantitative estimate of drug-likeness (QED) is 0.465. The number of esters is 2. The Balaban J connectivity index is 2.14. The highest BCUT2D eigenvalue weighted by molar-refractivity contribution is 6.15. The molecule has 1 aromatic carbocycles. The zero-order chi connectivity index (χ0) is 19.3. The lowest BCUT2D eigenvalue weighted by Crippen LogP contribution is -2.42. The van der Waals surface area contributed by atoms with Crippen LogP contribution < -0.4 is 15.4 Å². The van der Waals surface area contributed by atoms with E-state index in [0.29, 0.717) is 17.1 Å². The van der Waals surface area contributed by atoms with Crippen LogP contribution in [0, 0.1) is 0 Å². The molecule has 1 heterocycles. The second kappa shape index (κ2) is 7.77. The summed E-state index contributed by atoms with van der Waals surface area (Å²) < 4.78 is 20.0. The molecule has 0 saturated carbocycles. The SMILES string of the molecule is CCOC(=O)Nc1ccc(NC=C2C(=O)OC(C)(C)OC2=O)cc1OC. The highest BCUT2D eigenvalue weighted by Crippen LogP contribution is 2.29. The summed E-state index contributed by atoms with van der Waals surface area (Å²) in [6.45, 7) is 4.87. The van der Waals surface area contributed by atoms with Crippen LogP contribution in [-0.4, -0.2) is 37.5 Å². The molecule has 0 aliphatic carbocycles. The standard InChI is InChI=1S/C17H20N2O7/c1-5-24-16(22)19-12-7-6-10(8-13(12)23-4)18-9-11-14(20)25-17(2,3)26-15(11)21/h6-9,18H,5H2,1-4H3,(H,19,22). The first-order valence-electron chi connectivity index (χ1n) is 7.81. The minimum Gasteiger partial charge on any atom is -0.494 e. The molecule has 26 heavy (non-hydrogen) atoms. The molecule has 1 amide bonds. The van der Waals surface area contributed by atoms with Crippen LogP contribution in [0.5, 0.6) is 5.75 Å². The van der Waals surface area contributed by atoms with Crippen molar-refractivity contribution in [1.29, 1.82) is 0 Å². The van der Waals surface area contributed by atoms with E-state index in [1.54, 1.807) is 25.1 Å². The Morgan fingerprint density at radius 1 is 1.23 bits per heavy atom. The van der Waals surface area contributed by atoms with E-state index in [-0.39, 0.29) is 12.2 Å². The summed E-state index contributed by atoms with van der Waals surface area (Å²) in [5.41, 5.74) is 0.647. The van der Waals surface area contributed by atoms with Gasteiger partial charge in [0.2, 0.25) is 0 Å². The van der Waals surface area contributed by atoms with Gasteiger partial charge in [0.25, 0.3) is 5.79 Å². The number of hydrogen-bond donors (Lipinski definition) is 2. The molecule has 0 unspecified atom stereocenters. The predicted octanol–water partition coefficient (Wildman–Crippen LogP) is 2.40. The lowest BCUT2D eigenvalue weighted by Gasteiger charge is -2.29. The van der Waals surface area contributed by atoms with E-state index in [9.17, 15) is 14.4 Å². The molecule has 0 spiro atoms. The number of carbonyl (C=O) groups excluding carboxylic acids is 3. The van der Waals surface area contributed by atoms with Crippen LogP contribution in [0.1, 0.15) is 20.8 Å². The molecule has 0 radical (unpaired) electrons. The fraction of sp³-hybridized carbons (Fsp3) is 0.353. The van der Waals surface area contributed by atoms with Crippen LogP contribution in [0.3, 0.4) is 0 Å². The average molecular weight is 364 g/mol.